The summed E-state index contributed by atoms with van der Waals surface area (Å²) >= 11 is 0. The third kappa shape index (κ3) is 3.87. The van der Waals surface area contributed by atoms with Crippen molar-refractivity contribution in [2.75, 3.05) is 20.7 Å². The number of amides is 2. The topological polar surface area (TPSA) is 67.7 Å². The van der Waals surface area contributed by atoms with Crippen molar-refractivity contribution in [2.45, 2.75) is 31.8 Å². The summed E-state index contributed by atoms with van der Waals surface area (Å²) < 4.78 is 6.61. The van der Waals surface area contributed by atoms with Gasteiger partial charge in [0.05, 0.1) is 19.0 Å². The summed E-state index contributed by atoms with van der Waals surface area (Å²) in [6, 6.07) is 9.36. The molecular weight excluding hydrogens is 332 g/mol. The Morgan fingerprint density at radius 1 is 1.27 bits per heavy atom. The number of nitrogens with zero attached hydrogens (tertiary/aromatic N) is 4. The van der Waals surface area contributed by atoms with E-state index >= 15 is 0 Å². The number of benzene rings is 1. The number of rotatable bonds is 4. The molecule has 0 N–H and O–H groups in total. The van der Waals surface area contributed by atoms with E-state index < -0.39 is 12.1 Å². The van der Waals surface area contributed by atoms with E-state index in [1.165, 1.54) is 12.0 Å². The second-order valence-electron chi connectivity index (χ2n) is 6.50. The fraction of sp³-hybridized carbons (Fsp3) is 0.421. The van der Waals surface area contributed by atoms with Crippen LogP contribution in [0.1, 0.15) is 24.8 Å². The van der Waals surface area contributed by atoms with E-state index in [0.717, 1.165) is 24.1 Å². The molecule has 26 heavy (non-hydrogen) atoms. The Morgan fingerprint density at radius 3 is 2.77 bits per heavy atom. The average molecular weight is 356 g/mol. The molecule has 1 aromatic carbocycles. The molecule has 1 saturated heterocycles. The highest BCUT2D eigenvalue weighted by Crippen LogP contribution is 2.20. The predicted octanol–water partition coefficient (Wildman–Crippen LogP) is 2.45. The summed E-state index contributed by atoms with van der Waals surface area (Å²) in [4.78, 5) is 28.0. The zero-order valence-electron chi connectivity index (χ0n) is 15.2. The number of ether oxygens (including phenoxy) is 1. The number of carbonyl (C=O) groups excluding carboxylic acids is 2. The molecule has 0 spiro atoms. The number of hydrogen-bond donors (Lipinski definition) is 0. The van der Waals surface area contributed by atoms with Gasteiger partial charge in [-0.1, -0.05) is 18.2 Å². The molecule has 2 heterocycles. The highest BCUT2D eigenvalue weighted by Gasteiger charge is 2.34. The van der Waals surface area contributed by atoms with Gasteiger partial charge in [-0.05, 0) is 31.4 Å². The van der Waals surface area contributed by atoms with Gasteiger partial charge in [0.1, 0.15) is 6.04 Å². The number of likely N-dealkylation sites (N-methyl/N-ethyl adjacent to an activating group) is 1. The van der Waals surface area contributed by atoms with Crippen LogP contribution in [0, 0.1) is 0 Å². The maximum absolute atomic E-state index is 12.9. The summed E-state index contributed by atoms with van der Waals surface area (Å²) in [5, 5.41) is 4.36. The molecule has 1 atom stereocenters. The molecule has 7 heteroatoms. The van der Waals surface area contributed by atoms with Gasteiger partial charge in [0.2, 0.25) is 5.91 Å². The number of para-hydroxylation sites is 1. The van der Waals surface area contributed by atoms with Crippen LogP contribution >= 0.6 is 0 Å². The standard InChI is InChI=1S/C19H24N4O3/c1-21(18(24)17-10-6-7-11-22(17)19(25)26-2)13-15-12-20-23(14-15)16-8-4-3-5-9-16/h3-5,8-9,12,14,17H,6-7,10-11,13H2,1-2H3/t17-/m0/s1. The molecule has 1 aliphatic heterocycles. The van der Waals surface area contributed by atoms with Crippen molar-refractivity contribution in [3.8, 4) is 5.69 Å². The lowest BCUT2D eigenvalue weighted by molar-refractivity contribution is -0.136. The van der Waals surface area contributed by atoms with Gasteiger partial charge in [-0.3, -0.25) is 9.69 Å². The summed E-state index contributed by atoms with van der Waals surface area (Å²) in [6.45, 7) is 1.00. The Bertz CT molecular complexity index is 759. The van der Waals surface area contributed by atoms with E-state index in [1.807, 2.05) is 36.5 Å². The molecule has 3 rings (SSSR count). The van der Waals surface area contributed by atoms with E-state index in [9.17, 15) is 9.59 Å². The molecule has 0 saturated carbocycles. The summed E-state index contributed by atoms with van der Waals surface area (Å²) in [7, 11) is 3.10. The second kappa shape index (κ2) is 8.03. The smallest absolute Gasteiger partial charge is 0.410 e. The molecule has 0 unspecified atom stereocenters. The number of aromatic nitrogens is 2. The van der Waals surface area contributed by atoms with E-state index in [2.05, 4.69) is 5.10 Å². The van der Waals surface area contributed by atoms with Crippen molar-refractivity contribution in [1.82, 2.24) is 19.6 Å². The molecule has 0 radical (unpaired) electrons. The molecule has 0 aliphatic carbocycles. The third-order valence-corrected chi connectivity index (χ3v) is 4.65. The van der Waals surface area contributed by atoms with Gasteiger partial charge < -0.3 is 9.64 Å². The molecule has 2 aromatic rings. The normalized spacial score (nSPS) is 17.0. The number of hydrogen-bond acceptors (Lipinski definition) is 4. The average Bonchev–Trinajstić information content (AvgIpc) is 3.16. The SMILES string of the molecule is COC(=O)N1CCCC[C@H]1C(=O)N(C)Cc1cnn(-c2ccccc2)c1. The van der Waals surface area contributed by atoms with Crippen molar-refractivity contribution in [2.24, 2.45) is 0 Å². The van der Waals surface area contributed by atoms with Crippen molar-refractivity contribution in [1.29, 1.82) is 0 Å². The van der Waals surface area contributed by atoms with Gasteiger partial charge in [0.15, 0.2) is 0 Å². The molecule has 1 fully saturated rings. The van der Waals surface area contributed by atoms with Gasteiger partial charge in [0.25, 0.3) is 0 Å². The number of piperidine rings is 1. The van der Waals surface area contributed by atoms with Crippen molar-refractivity contribution in [3.05, 3.63) is 48.3 Å². The van der Waals surface area contributed by atoms with Gasteiger partial charge in [-0.2, -0.15) is 5.10 Å². The molecule has 1 aliphatic rings. The maximum atomic E-state index is 12.9. The zero-order chi connectivity index (χ0) is 18.5. The Hall–Kier alpha value is -2.83. The molecule has 7 nitrogen and oxygen atoms in total. The Kier molecular flexibility index (Phi) is 5.55. The Labute approximate surface area is 153 Å². The fourth-order valence-electron chi connectivity index (χ4n) is 3.29. The lowest BCUT2D eigenvalue weighted by Crippen LogP contribution is -2.52. The molecule has 138 valence electrons. The largest absolute Gasteiger partial charge is 0.453 e. The summed E-state index contributed by atoms with van der Waals surface area (Å²) in [5.41, 5.74) is 1.90. The van der Waals surface area contributed by atoms with E-state index in [0.29, 0.717) is 19.5 Å². The quantitative estimate of drug-likeness (QED) is 0.844. The number of methoxy groups -OCH3 is 1. The van der Waals surface area contributed by atoms with Crippen molar-refractivity contribution in [3.63, 3.8) is 0 Å². The molecular formula is C19H24N4O3. The molecule has 2 amide bonds. The van der Waals surface area contributed by atoms with Crippen LogP contribution in [0.3, 0.4) is 0 Å². The first-order chi connectivity index (χ1) is 12.6. The number of carbonyl (C=O) groups is 2. The third-order valence-electron chi connectivity index (χ3n) is 4.65. The van der Waals surface area contributed by atoms with Crippen molar-refractivity contribution >= 4 is 12.0 Å². The summed E-state index contributed by atoms with van der Waals surface area (Å²) in [5.74, 6) is -0.0671. The Balaban J connectivity index is 1.67. The monoisotopic (exact) mass is 356 g/mol. The van der Waals surface area contributed by atoms with Gasteiger partial charge in [-0.25, -0.2) is 9.48 Å². The first-order valence-electron chi connectivity index (χ1n) is 8.78. The van der Waals surface area contributed by atoms with Crippen LogP contribution in [-0.2, 0) is 16.1 Å². The lowest BCUT2D eigenvalue weighted by atomic mass is 10.0. The first kappa shape index (κ1) is 18.0. The minimum Gasteiger partial charge on any atom is -0.453 e. The van der Waals surface area contributed by atoms with Crippen LogP contribution in [0.2, 0.25) is 0 Å². The van der Waals surface area contributed by atoms with Crippen LogP contribution in [0.4, 0.5) is 4.79 Å². The van der Waals surface area contributed by atoms with E-state index in [1.54, 1.807) is 22.8 Å². The minimum absolute atomic E-state index is 0.0671. The number of likely N-dealkylation sites (tertiary alicyclic amines) is 1. The van der Waals surface area contributed by atoms with Crippen LogP contribution < -0.4 is 0 Å². The highest BCUT2D eigenvalue weighted by molar-refractivity contribution is 5.85. The predicted molar refractivity (Wildman–Crippen MR) is 96.8 cm³/mol. The maximum Gasteiger partial charge on any atom is 0.410 e. The lowest BCUT2D eigenvalue weighted by Gasteiger charge is -2.35. The van der Waals surface area contributed by atoms with Crippen LogP contribution in [0.15, 0.2) is 42.7 Å². The fourth-order valence-corrected chi connectivity index (χ4v) is 3.29. The first-order valence-corrected chi connectivity index (χ1v) is 8.78. The van der Waals surface area contributed by atoms with Gasteiger partial charge >= 0.3 is 6.09 Å². The highest BCUT2D eigenvalue weighted by atomic mass is 16.5. The Morgan fingerprint density at radius 2 is 2.04 bits per heavy atom. The molecule has 1 aromatic heterocycles. The van der Waals surface area contributed by atoms with Gasteiger partial charge in [-0.15, -0.1) is 0 Å². The second-order valence-corrected chi connectivity index (χ2v) is 6.50. The molecule has 0 bridgehead atoms. The van der Waals surface area contributed by atoms with E-state index in [-0.39, 0.29) is 5.91 Å². The van der Waals surface area contributed by atoms with E-state index in [4.69, 9.17) is 4.74 Å². The van der Waals surface area contributed by atoms with Gasteiger partial charge in [0, 0.05) is 31.9 Å². The van der Waals surface area contributed by atoms with Crippen LogP contribution in [0.5, 0.6) is 0 Å². The van der Waals surface area contributed by atoms with Crippen LogP contribution in [0.25, 0.3) is 5.69 Å². The minimum atomic E-state index is -0.453. The van der Waals surface area contributed by atoms with Crippen molar-refractivity contribution < 1.29 is 14.3 Å². The zero-order valence-corrected chi connectivity index (χ0v) is 15.2. The van der Waals surface area contributed by atoms with Crippen LogP contribution in [-0.4, -0.2) is 58.3 Å². The summed E-state index contributed by atoms with van der Waals surface area (Å²) in [6.07, 6.45) is 5.74.